The third-order valence-corrected chi connectivity index (χ3v) is 6.27. The highest BCUT2D eigenvalue weighted by Gasteiger charge is 2.33. The Balaban J connectivity index is 1.24. The molecule has 5 rings (SSSR count). The summed E-state index contributed by atoms with van der Waals surface area (Å²) in [6, 6.07) is 17.7. The summed E-state index contributed by atoms with van der Waals surface area (Å²) in [4.78, 5) is 33.7. The van der Waals surface area contributed by atoms with E-state index in [9.17, 15) is 14.0 Å². The number of fused-ring (bicyclic) bond motifs is 1. The van der Waals surface area contributed by atoms with Crippen LogP contribution in [-0.4, -0.2) is 46.2 Å². The Labute approximate surface area is 192 Å². The van der Waals surface area contributed by atoms with Crippen molar-refractivity contribution >= 4 is 23.2 Å². The Morgan fingerprint density at radius 1 is 1.12 bits per heavy atom. The Morgan fingerprint density at radius 3 is 2.79 bits per heavy atom. The van der Waals surface area contributed by atoms with Crippen molar-refractivity contribution in [2.75, 3.05) is 25.0 Å². The van der Waals surface area contributed by atoms with Crippen LogP contribution in [0.15, 0.2) is 60.7 Å². The van der Waals surface area contributed by atoms with E-state index < -0.39 is 0 Å². The number of hydrogen-bond acceptors (Lipinski definition) is 4. The lowest BCUT2D eigenvalue weighted by Crippen LogP contribution is -2.39. The second kappa shape index (κ2) is 8.65. The van der Waals surface area contributed by atoms with E-state index >= 15 is 0 Å². The number of pyridine rings is 1. The number of amides is 2. The molecule has 168 valence electrons. The zero-order chi connectivity index (χ0) is 22.9. The molecule has 1 fully saturated rings. The standard InChI is InChI=1S/C26H25FN4O2/c1-17-11-22(29-21-7-4-6-20(27)12-21)13-24(28-17)19-9-10-30(15-19)25(32)16-31-14-18-5-2-3-8-23(18)26(31)33/h2-8,11-13,19H,9-10,14-16H2,1H3,(H,28,29)/t19-/m1/s1. The van der Waals surface area contributed by atoms with E-state index in [1.165, 1.54) is 12.1 Å². The van der Waals surface area contributed by atoms with Gasteiger partial charge in [0.25, 0.3) is 5.91 Å². The zero-order valence-corrected chi connectivity index (χ0v) is 18.4. The number of likely N-dealkylation sites (tertiary alicyclic amines) is 1. The fourth-order valence-electron chi connectivity index (χ4n) is 4.64. The van der Waals surface area contributed by atoms with Gasteiger partial charge in [0.05, 0.1) is 0 Å². The highest BCUT2D eigenvalue weighted by molar-refractivity contribution is 6.00. The van der Waals surface area contributed by atoms with E-state index in [0.29, 0.717) is 30.9 Å². The molecule has 0 bridgehead atoms. The number of benzene rings is 2. The molecular weight excluding hydrogens is 419 g/mol. The van der Waals surface area contributed by atoms with Crippen molar-refractivity contribution in [2.45, 2.75) is 25.8 Å². The summed E-state index contributed by atoms with van der Waals surface area (Å²) in [6.07, 6.45) is 0.815. The van der Waals surface area contributed by atoms with Gasteiger partial charge in [0.15, 0.2) is 0 Å². The maximum absolute atomic E-state index is 13.5. The molecule has 1 saturated heterocycles. The summed E-state index contributed by atoms with van der Waals surface area (Å²) in [6.45, 7) is 3.71. The smallest absolute Gasteiger partial charge is 0.254 e. The number of carbonyl (C=O) groups excluding carboxylic acids is 2. The molecular formula is C26H25FN4O2. The van der Waals surface area contributed by atoms with Gasteiger partial charge in [0, 0.05) is 53.9 Å². The summed E-state index contributed by atoms with van der Waals surface area (Å²) in [5, 5.41) is 3.24. The molecule has 0 unspecified atom stereocenters. The van der Waals surface area contributed by atoms with Crippen LogP contribution in [-0.2, 0) is 11.3 Å². The molecule has 1 atom stereocenters. The molecule has 33 heavy (non-hydrogen) atoms. The van der Waals surface area contributed by atoms with Crippen molar-refractivity contribution < 1.29 is 14.0 Å². The van der Waals surface area contributed by atoms with E-state index in [1.807, 2.05) is 54.3 Å². The fraction of sp³-hybridized carbons (Fsp3) is 0.269. The van der Waals surface area contributed by atoms with Gasteiger partial charge in [-0.1, -0.05) is 24.3 Å². The number of anilines is 2. The molecule has 0 spiro atoms. The van der Waals surface area contributed by atoms with E-state index in [2.05, 4.69) is 5.32 Å². The molecule has 2 aliphatic heterocycles. The average Bonchev–Trinajstić information content (AvgIpc) is 3.39. The van der Waals surface area contributed by atoms with Crippen molar-refractivity contribution in [3.63, 3.8) is 0 Å². The number of aryl methyl sites for hydroxylation is 1. The van der Waals surface area contributed by atoms with Crippen LogP contribution in [0.3, 0.4) is 0 Å². The Hall–Kier alpha value is -3.74. The predicted molar refractivity (Wildman–Crippen MR) is 124 cm³/mol. The van der Waals surface area contributed by atoms with Crippen molar-refractivity contribution in [1.29, 1.82) is 0 Å². The first-order chi connectivity index (χ1) is 16.0. The van der Waals surface area contributed by atoms with Gasteiger partial charge in [0.1, 0.15) is 12.4 Å². The van der Waals surface area contributed by atoms with Crippen molar-refractivity contribution in [3.8, 4) is 0 Å². The van der Waals surface area contributed by atoms with Gasteiger partial charge >= 0.3 is 0 Å². The van der Waals surface area contributed by atoms with Gasteiger partial charge in [-0.2, -0.15) is 0 Å². The highest BCUT2D eigenvalue weighted by atomic mass is 19.1. The Bertz CT molecular complexity index is 1230. The number of aromatic nitrogens is 1. The predicted octanol–water partition coefficient (Wildman–Crippen LogP) is 4.24. The number of nitrogens with one attached hydrogen (secondary N) is 1. The number of carbonyl (C=O) groups is 2. The van der Waals surface area contributed by atoms with Crippen LogP contribution in [0.5, 0.6) is 0 Å². The SMILES string of the molecule is Cc1cc(Nc2cccc(F)c2)cc([C@@H]2CCN(C(=O)CN3Cc4ccccc4C3=O)C2)n1. The topological polar surface area (TPSA) is 65.5 Å². The summed E-state index contributed by atoms with van der Waals surface area (Å²) >= 11 is 0. The maximum atomic E-state index is 13.5. The molecule has 0 radical (unpaired) electrons. The molecule has 6 nitrogen and oxygen atoms in total. The molecule has 1 aromatic heterocycles. The van der Waals surface area contributed by atoms with Crippen LogP contribution >= 0.6 is 0 Å². The lowest BCUT2D eigenvalue weighted by atomic mass is 10.0. The Kier molecular flexibility index (Phi) is 5.54. The highest BCUT2D eigenvalue weighted by Crippen LogP contribution is 2.30. The molecule has 1 N–H and O–H groups in total. The summed E-state index contributed by atoms with van der Waals surface area (Å²) in [7, 11) is 0. The summed E-state index contributed by atoms with van der Waals surface area (Å²) in [5.41, 5.74) is 4.94. The van der Waals surface area contributed by atoms with Crippen LogP contribution in [0.4, 0.5) is 15.8 Å². The largest absolute Gasteiger partial charge is 0.355 e. The summed E-state index contributed by atoms with van der Waals surface area (Å²) < 4.78 is 13.5. The third kappa shape index (κ3) is 4.44. The maximum Gasteiger partial charge on any atom is 0.254 e. The van der Waals surface area contributed by atoms with Gasteiger partial charge in [-0.05, 0) is 55.3 Å². The first-order valence-corrected chi connectivity index (χ1v) is 11.1. The molecule has 2 aliphatic rings. The zero-order valence-electron chi connectivity index (χ0n) is 18.4. The number of nitrogens with zero attached hydrogens (tertiary/aromatic N) is 3. The quantitative estimate of drug-likeness (QED) is 0.639. The summed E-state index contributed by atoms with van der Waals surface area (Å²) in [5.74, 6) is -0.295. The van der Waals surface area contributed by atoms with Crippen molar-refractivity contribution in [1.82, 2.24) is 14.8 Å². The van der Waals surface area contributed by atoms with Gasteiger partial charge in [-0.3, -0.25) is 14.6 Å². The Morgan fingerprint density at radius 2 is 1.97 bits per heavy atom. The van der Waals surface area contributed by atoms with Gasteiger partial charge in [0.2, 0.25) is 5.91 Å². The van der Waals surface area contributed by atoms with E-state index in [1.54, 1.807) is 11.0 Å². The second-order valence-electron chi connectivity index (χ2n) is 8.70. The molecule has 3 aromatic rings. The first-order valence-electron chi connectivity index (χ1n) is 11.1. The van der Waals surface area contributed by atoms with E-state index in [0.717, 1.165) is 29.1 Å². The van der Waals surface area contributed by atoms with Crippen LogP contribution in [0.1, 0.15) is 39.6 Å². The normalized spacial score (nSPS) is 17.4. The molecule has 7 heteroatoms. The monoisotopic (exact) mass is 444 g/mol. The molecule has 0 saturated carbocycles. The van der Waals surface area contributed by atoms with Gasteiger partial charge in [-0.15, -0.1) is 0 Å². The van der Waals surface area contributed by atoms with Crippen molar-refractivity contribution in [3.05, 3.63) is 89.0 Å². The van der Waals surface area contributed by atoms with Crippen LogP contribution in [0, 0.1) is 12.7 Å². The van der Waals surface area contributed by atoms with Crippen LogP contribution < -0.4 is 5.32 Å². The molecule has 3 heterocycles. The van der Waals surface area contributed by atoms with Crippen LogP contribution in [0.25, 0.3) is 0 Å². The molecule has 2 aromatic carbocycles. The second-order valence-corrected chi connectivity index (χ2v) is 8.70. The third-order valence-electron chi connectivity index (χ3n) is 6.27. The molecule has 0 aliphatic carbocycles. The minimum Gasteiger partial charge on any atom is -0.355 e. The average molecular weight is 445 g/mol. The molecule has 2 amide bonds. The van der Waals surface area contributed by atoms with E-state index in [4.69, 9.17) is 4.98 Å². The van der Waals surface area contributed by atoms with Gasteiger partial charge in [-0.25, -0.2) is 4.39 Å². The van der Waals surface area contributed by atoms with Crippen molar-refractivity contribution in [2.24, 2.45) is 0 Å². The number of hydrogen-bond donors (Lipinski definition) is 1. The van der Waals surface area contributed by atoms with Crippen LogP contribution in [0.2, 0.25) is 0 Å². The number of rotatable bonds is 5. The first kappa shape index (κ1) is 21.1. The van der Waals surface area contributed by atoms with Gasteiger partial charge < -0.3 is 15.1 Å². The lowest BCUT2D eigenvalue weighted by Gasteiger charge is -2.21. The van der Waals surface area contributed by atoms with E-state index in [-0.39, 0.29) is 30.1 Å². The minimum atomic E-state index is -0.296. The number of halogens is 1. The minimum absolute atomic E-state index is 0.0376. The fourth-order valence-corrected chi connectivity index (χ4v) is 4.64. The lowest BCUT2D eigenvalue weighted by molar-refractivity contribution is -0.130.